The van der Waals surface area contributed by atoms with E-state index in [9.17, 15) is 9.59 Å². The smallest absolute Gasteiger partial charge is 0.306 e. The van der Waals surface area contributed by atoms with Crippen LogP contribution in [0.2, 0.25) is 0 Å². The number of aldehydes is 1. The van der Waals surface area contributed by atoms with Gasteiger partial charge in [-0.05, 0) is 6.42 Å². The standard InChI is InChI=1S/C10H15NO3/c1-2-4-9(8-12)7-10(13)14-6-3-5-11/h8-9H,2-4,6-7H2,1H3. The maximum absolute atomic E-state index is 11.1. The average molecular weight is 197 g/mol. The summed E-state index contributed by atoms with van der Waals surface area (Å²) in [5.41, 5.74) is 0. The van der Waals surface area contributed by atoms with Crippen LogP contribution in [0.25, 0.3) is 0 Å². The van der Waals surface area contributed by atoms with Crippen molar-refractivity contribution in [1.82, 2.24) is 0 Å². The Balaban J connectivity index is 3.68. The second kappa shape index (κ2) is 8.24. The molecule has 0 aromatic carbocycles. The molecule has 0 aliphatic rings. The summed E-state index contributed by atoms with van der Waals surface area (Å²) in [7, 11) is 0. The Bertz CT molecular complexity index is 220. The molecular formula is C10H15NO3. The quantitative estimate of drug-likeness (QED) is 0.352. The Morgan fingerprint density at radius 2 is 2.36 bits per heavy atom. The topological polar surface area (TPSA) is 67.2 Å². The van der Waals surface area contributed by atoms with Gasteiger partial charge in [0.15, 0.2) is 0 Å². The van der Waals surface area contributed by atoms with Gasteiger partial charge in [-0.3, -0.25) is 4.79 Å². The van der Waals surface area contributed by atoms with Crippen LogP contribution in [0, 0.1) is 17.2 Å². The first-order valence-electron chi connectivity index (χ1n) is 4.72. The minimum atomic E-state index is -0.397. The van der Waals surface area contributed by atoms with Gasteiger partial charge in [0.25, 0.3) is 0 Å². The normalized spacial score (nSPS) is 11.4. The average Bonchev–Trinajstić information content (AvgIpc) is 2.17. The zero-order valence-corrected chi connectivity index (χ0v) is 8.36. The lowest BCUT2D eigenvalue weighted by molar-refractivity contribution is -0.145. The number of rotatable bonds is 7. The van der Waals surface area contributed by atoms with Crippen LogP contribution in [0.1, 0.15) is 32.6 Å². The van der Waals surface area contributed by atoms with Crippen molar-refractivity contribution in [2.24, 2.45) is 5.92 Å². The third-order valence-corrected chi connectivity index (χ3v) is 1.76. The Morgan fingerprint density at radius 3 is 2.86 bits per heavy atom. The summed E-state index contributed by atoms with van der Waals surface area (Å²) in [5, 5.41) is 8.19. The minimum Gasteiger partial charge on any atom is -0.465 e. The van der Waals surface area contributed by atoms with Crippen molar-refractivity contribution in [3.05, 3.63) is 0 Å². The third-order valence-electron chi connectivity index (χ3n) is 1.76. The van der Waals surface area contributed by atoms with E-state index >= 15 is 0 Å². The summed E-state index contributed by atoms with van der Waals surface area (Å²) in [4.78, 5) is 21.6. The summed E-state index contributed by atoms with van der Waals surface area (Å²) >= 11 is 0. The molecule has 1 atom stereocenters. The lowest BCUT2D eigenvalue weighted by atomic mass is 10.0. The number of hydrogen-bond acceptors (Lipinski definition) is 4. The highest BCUT2D eigenvalue weighted by molar-refractivity contribution is 5.73. The van der Waals surface area contributed by atoms with E-state index in [0.717, 1.165) is 12.7 Å². The molecule has 0 saturated heterocycles. The Morgan fingerprint density at radius 1 is 1.64 bits per heavy atom. The minimum absolute atomic E-state index is 0.118. The molecule has 0 saturated carbocycles. The first-order valence-corrected chi connectivity index (χ1v) is 4.72. The number of nitrogens with zero attached hydrogens (tertiary/aromatic N) is 1. The largest absolute Gasteiger partial charge is 0.465 e. The molecule has 78 valence electrons. The van der Waals surface area contributed by atoms with E-state index in [2.05, 4.69) is 0 Å². The van der Waals surface area contributed by atoms with Gasteiger partial charge in [-0.15, -0.1) is 0 Å². The fourth-order valence-electron chi connectivity index (χ4n) is 1.07. The molecule has 0 amide bonds. The third kappa shape index (κ3) is 6.18. The van der Waals surface area contributed by atoms with Gasteiger partial charge in [-0.25, -0.2) is 0 Å². The van der Waals surface area contributed by atoms with E-state index in [1.807, 2.05) is 13.0 Å². The van der Waals surface area contributed by atoms with Crippen LogP contribution < -0.4 is 0 Å². The van der Waals surface area contributed by atoms with Crippen LogP contribution >= 0.6 is 0 Å². The van der Waals surface area contributed by atoms with E-state index in [4.69, 9.17) is 10.00 Å². The van der Waals surface area contributed by atoms with E-state index in [-0.39, 0.29) is 25.4 Å². The van der Waals surface area contributed by atoms with Crippen LogP contribution in [-0.2, 0) is 14.3 Å². The monoisotopic (exact) mass is 197 g/mol. The van der Waals surface area contributed by atoms with E-state index in [1.165, 1.54) is 0 Å². The van der Waals surface area contributed by atoms with Crippen LogP contribution in [0.15, 0.2) is 0 Å². The number of ether oxygens (including phenoxy) is 1. The molecule has 0 heterocycles. The molecule has 1 unspecified atom stereocenters. The first-order chi connectivity index (χ1) is 6.74. The number of nitriles is 1. The van der Waals surface area contributed by atoms with Gasteiger partial charge < -0.3 is 9.53 Å². The van der Waals surface area contributed by atoms with Crippen molar-refractivity contribution < 1.29 is 14.3 Å². The number of carbonyl (C=O) groups is 2. The first kappa shape index (κ1) is 12.6. The molecule has 0 rings (SSSR count). The zero-order valence-electron chi connectivity index (χ0n) is 8.36. The van der Waals surface area contributed by atoms with Crippen LogP contribution in [-0.4, -0.2) is 18.9 Å². The molecule has 0 radical (unpaired) electrons. The van der Waals surface area contributed by atoms with Crippen molar-refractivity contribution in [2.75, 3.05) is 6.61 Å². The van der Waals surface area contributed by atoms with E-state index < -0.39 is 5.97 Å². The lowest BCUT2D eigenvalue weighted by Gasteiger charge is -2.07. The molecule has 0 aliphatic carbocycles. The molecule has 0 N–H and O–H groups in total. The summed E-state index contributed by atoms with van der Waals surface area (Å²) in [5.74, 6) is -0.639. The molecule has 14 heavy (non-hydrogen) atoms. The van der Waals surface area contributed by atoms with Gasteiger partial charge in [0.05, 0.1) is 18.9 Å². The highest BCUT2D eigenvalue weighted by Crippen LogP contribution is 2.09. The molecule has 0 aromatic heterocycles. The maximum atomic E-state index is 11.1. The van der Waals surface area contributed by atoms with Gasteiger partial charge in [-0.2, -0.15) is 5.26 Å². The Hall–Kier alpha value is -1.37. The molecule has 0 spiro atoms. The number of esters is 1. The van der Waals surface area contributed by atoms with Gasteiger partial charge in [0.2, 0.25) is 0 Å². The van der Waals surface area contributed by atoms with E-state index in [0.29, 0.717) is 6.42 Å². The summed E-state index contributed by atoms with van der Waals surface area (Å²) in [6.07, 6.45) is 2.69. The van der Waals surface area contributed by atoms with Gasteiger partial charge in [0, 0.05) is 5.92 Å². The van der Waals surface area contributed by atoms with Gasteiger partial charge in [-0.1, -0.05) is 13.3 Å². The summed E-state index contributed by atoms with van der Waals surface area (Å²) in [6.45, 7) is 2.07. The summed E-state index contributed by atoms with van der Waals surface area (Å²) < 4.78 is 4.74. The number of carbonyl (C=O) groups excluding carboxylic acids is 2. The van der Waals surface area contributed by atoms with Crippen LogP contribution in [0.5, 0.6) is 0 Å². The van der Waals surface area contributed by atoms with Crippen molar-refractivity contribution in [3.8, 4) is 6.07 Å². The lowest BCUT2D eigenvalue weighted by Crippen LogP contribution is -2.13. The second-order valence-electron chi connectivity index (χ2n) is 3.02. The Kier molecular flexibility index (Phi) is 7.43. The highest BCUT2D eigenvalue weighted by Gasteiger charge is 2.12. The molecule has 0 bridgehead atoms. The van der Waals surface area contributed by atoms with E-state index in [1.54, 1.807) is 0 Å². The van der Waals surface area contributed by atoms with Gasteiger partial charge >= 0.3 is 5.97 Å². The van der Waals surface area contributed by atoms with Gasteiger partial charge in [0.1, 0.15) is 12.9 Å². The predicted octanol–water partition coefficient (Wildman–Crippen LogP) is 1.45. The van der Waals surface area contributed by atoms with Crippen molar-refractivity contribution in [1.29, 1.82) is 5.26 Å². The highest BCUT2D eigenvalue weighted by atomic mass is 16.5. The fraction of sp³-hybridized carbons (Fsp3) is 0.700. The van der Waals surface area contributed by atoms with Crippen molar-refractivity contribution in [2.45, 2.75) is 32.6 Å². The predicted molar refractivity (Wildman–Crippen MR) is 50.3 cm³/mol. The van der Waals surface area contributed by atoms with Crippen molar-refractivity contribution in [3.63, 3.8) is 0 Å². The van der Waals surface area contributed by atoms with Crippen LogP contribution in [0.4, 0.5) is 0 Å². The SMILES string of the molecule is CCCC(C=O)CC(=O)OCCC#N. The maximum Gasteiger partial charge on any atom is 0.306 e. The van der Waals surface area contributed by atoms with Crippen LogP contribution in [0.3, 0.4) is 0 Å². The number of hydrogen-bond donors (Lipinski definition) is 0. The second-order valence-corrected chi connectivity index (χ2v) is 3.02. The fourth-order valence-corrected chi connectivity index (χ4v) is 1.07. The summed E-state index contributed by atoms with van der Waals surface area (Å²) in [6, 6.07) is 1.87. The molecular weight excluding hydrogens is 182 g/mol. The molecule has 4 nitrogen and oxygen atoms in total. The molecule has 0 aromatic rings. The molecule has 0 fully saturated rings. The van der Waals surface area contributed by atoms with Crippen molar-refractivity contribution >= 4 is 12.3 Å². The Labute approximate surface area is 83.9 Å². The zero-order chi connectivity index (χ0) is 10.8. The molecule has 4 heteroatoms. The molecule has 0 aliphatic heterocycles.